The van der Waals surface area contributed by atoms with Gasteiger partial charge in [-0.05, 0) is 12.8 Å². The van der Waals surface area contributed by atoms with E-state index in [9.17, 15) is 13.2 Å². The molecule has 1 aromatic heterocycles. The van der Waals surface area contributed by atoms with Gasteiger partial charge in [-0.3, -0.25) is 10.00 Å². The largest absolute Gasteiger partial charge is 0.406 e. The van der Waals surface area contributed by atoms with Crippen molar-refractivity contribution in [2.24, 2.45) is 0 Å². The van der Waals surface area contributed by atoms with Gasteiger partial charge in [0.1, 0.15) is 5.54 Å². The zero-order valence-corrected chi connectivity index (χ0v) is 9.17. The lowest BCUT2D eigenvalue weighted by Gasteiger charge is -2.20. The molecule has 0 spiro atoms. The highest BCUT2D eigenvalue weighted by Crippen LogP contribution is 2.48. The van der Waals surface area contributed by atoms with Crippen LogP contribution in [-0.2, 0) is 13.1 Å². The molecule has 0 aromatic carbocycles. The number of alkyl halides is 3. The monoisotopic (exact) mass is 249 g/mol. The zero-order valence-electron chi connectivity index (χ0n) is 9.17. The second-order valence-corrected chi connectivity index (χ2v) is 4.27. The van der Waals surface area contributed by atoms with Crippen molar-refractivity contribution in [3.05, 3.63) is 18.0 Å². The topological polar surface area (TPSA) is 50.1 Å². The SMILES string of the molecule is OCCn1cc(CNC2(C(F)(F)F)CC2)cn1. The van der Waals surface area contributed by atoms with Gasteiger partial charge in [0.2, 0.25) is 0 Å². The zero-order chi connectivity index (χ0) is 12.5. The lowest BCUT2D eigenvalue weighted by molar-refractivity contribution is -0.166. The number of aromatic nitrogens is 2. The fourth-order valence-electron chi connectivity index (χ4n) is 1.68. The van der Waals surface area contributed by atoms with Gasteiger partial charge in [-0.25, -0.2) is 0 Å². The molecular weight excluding hydrogens is 235 g/mol. The van der Waals surface area contributed by atoms with E-state index in [-0.39, 0.29) is 26.0 Å². The highest BCUT2D eigenvalue weighted by atomic mass is 19.4. The summed E-state index contributed by atoms with van der Waals surface area (Å²) in [5.74, 6) is 0. The molecule has 0 amide bonds. The third-order valence-electron chi connectivity index (χ3n) is 2.94. The Morgan fingerprint density at radius 1 is 1.47 bits per heavy atom. The van der Waals surface area contributed by atoms with Crippen molar-refractivity contribution in [3.63, 3.8) is 0 Å². The molecule has 1 aliphatic rings. The van der Waals surface area contributed by atoms with E-state index in [1.807, 2.05) is 0 Å². The molecule has 1 heterocycles. The summed E-state index contributed by atoms with van der Waals surface area (Å²) in [5, 5.41) is 15.1. The fraction of sp³-hybridized carbons (Fsp3) is 0.700. The van der Waals surface area contributed by atoms with E-state index in [0.717, 1.165) is 0 Å². The number of halogens is 3. The van der Waals surface area contributed by atoms with Gasteiger partial charge >= 0.3 is 6.18 Å². The summed E-state index contributed by atoms with van der Waals surface area (Å²) in [6.07, 6.45) is -0.762. The molecule has 96 valence electrons. The Bertz CT molecular complexity index is 384. The first-order chi connectivity index (χ1) is 7.97. The lowest BCUT2D eigenvalue weighted by atomic mass is 10.2. The van der Waals surface area contributed by atoms with E-state index in [0.29, 0.717) is 12.1 Å². The van der Waals surface area contributed by atoms with Crippen molar-refractivity contribution < 1.29 is 18.3 Å². The van der Waals surface area contributed by atoms with Crippen LogP contribution in [0.5, 0.6) is 0 Å². The van der Waals surface area contributed by atoms with Crippen LogP contribution in [0.1, 0.15) is 18.4 Å². The van der Waals surface area contributed by atoms with Crippen LogP contribution < -0.4 is 5.32 Å². The van der Waals surface area contributed by atoms with E-state index < -0.39 is 11.7 Å². The molecule has 0 saturated heterocycles. The van der Waals surface area contributed by atoms with Gasteiger partial charge in [-0.1, -0.05) is 0 Å². The van der Waals surface area contributed by atoms with E-state index in [4.69, 9.17) is 5.11 Å². The summed E-state index contributed by atoms with van der Waals surface area (Å²) in [6.45, 7) is 0.455. The third-order valence-corrected chi connectivity index (χ3v) is 2.94. The Labute approximate surface area is 96.4 Å². The number of hydrogen-bond acceptors (Lipinski definition) is 3. The Hall–Kier alpha value is -1.08. The van der Waals surface area contributed by atoms with Crippen molar-refractivity contribution in [1.29, 1.82) is 0 Å². The van der Waals surface area contributed by atoms with Crippen molar-refractivity contribution in [3.8, 4) is 0 Å². The van der Waals surface area contributed by atoms with Gasteiger partial charge < -0.3 is 5.11 Å². The highest BCUT2D eigenvalue weighted by Gasteiger charge is 2.62. The fourth-order valence-corrected chi connectivity index (χ4v) is 1.68. The molecule has 0 aliphatic heterocycles. The van der Waals surface area contributed by atoms with Crippen LogP contribution >= 0.6 is 0 Å². The molecular formula is C10H14F3N3O. The maximum atomic E-state index is 12.6. The molecule has 1 fully saturated rings. The second kappa shape index (κ2) is 4.30. The Balaban J connectivity index is 1.90. The van der Waals surface area contributed by atoms with Crippen LogP contribution in [0.15, 0.2) is 12.4 Å². The maximum Gasteiger partial charge on any atom is 0.406 e. The van der Waals surface area contributed by atoms with E-state index in [1.165, 1.54) is 10.9 Å². The van der Waals surface area contributed by atoms with Gasteiger partial charge in [0.25, 0.3) is 0 Å². The number of nitrogens with one attached hydrogen (secondary N) is 1. The van der Waals surface area contributed by atoms with Gasteiger partial charge in [0.15, 0.2) is 0 Å². The lowest BCUT2D eigenvalue weighted by Crippen LogP contribution is -2.44. The van der Waals surface area contributed by atoms with Crippen molar-refractivity contribution in [1.82, 2.24) is 15.1 Å². The predicted molar refractivity (Wildman–Crippen MR) is 54.2 cm³/mol. The molecule has 0 unspecified atom stereocenters. The third kappa shape index (κ3) is 2.61. The molecule has 1 aliphatic carbocycles. The van der Waals surface area contributed by atoms with Crippen LogP contribution in [0.4, 0.5) is 13.2 Å². The maximum absolute atomic E-state index is 12.6. The van der Waals surface area contributed by atoms with Crippen LogP contribution in [0, 0.1) is 0 Å². The molecule has 0 atom stereocenters. The number of hydrogen-bond donors (Lipinski definition) is 2. The molecule has 7 heteroatoms. The highest BCUT2D eigenvalue weighted by molar-refractivity contribution is 5.11. The summed E-state index contributed by atoms with van der Waals surface area (Å²) in [5.41, 5.74) is -1.000. The van der Waals surface area contributed by atoms with Gasteiger partial charge in [-0.15, -0.1) is 0 Å². The summed E-state index contributed by atoms with van der Waals surface area (Å²) in [4.78, 5) is 0. The number of rotatable bonds is 5. The number of nitrogens with zero attached hydrogens (tertiary/aromatic N) is 2. The molecule has 2 rings (SSSR count). The Kier molecular flexibility index (Phi) is 3.13. The molecule has 0 radical (unpaired) electrons. The standard InChI is InChI=1S/C10H14F3N3O/c11-10(12,13)9(1-2-9)14-5-8-6-15-16(7-8)3-4-17/h6-7,14,17H,1-5H2. The van der Waals surface area contributed by atoms with Gasteiger partial charge in [-0.2, -0.15) is 18.3 Å². The first-order valence-electron chi connectivity index (χ1n) is 5.41. The smallest absolute Gasteiger partial charge is 0.394 e. The van der Waals surface area contributed by atoms with Crippen molar-refractivity contribution >= 4 is 0 Å². The number of aliphatic hydroxyl groups is 1. The van der Waals surface area contributed by atoms with Crippen LogP contribution in [0.25, 0.3) is 0 Å². The van der Waals surface area contributed by atoms with Crippen molar-refractivity contribution in [2.75, 3.05) is 6.61 Å². The summed E-state index contributed by atoms with van der Waals surface area (Å²) in [6, 6.07) is 0. The minimum Gasteiger partial charge on any atom is -0.394 e. The molecule has 17 heavy (non-hydrogen) atoms. The van der Waals surface area contributed by atoms with Gasteiger partial charge in [0, 0.05) is 18.3 Å². The van der Waals surface area contributed by atoms with E-state index >= 15 is 0 Å². The average Bonchev–Trinajstić information content (AvgIpc) is 2.92. The van der Waals surface area contributed by atoms with E-state index in [1.54, 1.807) is 6.20 Å². The van der Waals surface area contributed by atoms with Crippen molar-refractivity contribution in [2.45, 2.75) is 37.6 Å². The average molecular weight is 249 g/mol. The molecule has 4 nitrogen and oxygen atoms in total. The molecule has 1 saturated carbocycles. The minimum absolute atomic E-state index is 0.0406. The quantitative estimate of drug-likeness (QED) is 0.820. The first-order valence-corrected chi connectivity index (χ1v) is 5.41. The number of aliphatic hydroxyl groups excluding tert-OH is 1. The summed E-state index contributed by atoms with van der Waals surface area (Å²) in [7, 11) is 0. The molecule has 1 aromatic rings. The van der Waals surface area contributed by atoms with Crippen LogP contribution in [-0.4, -0.2) is 33.2 Å². The summed E-state index contributed by atoms with van der Waals surface area (Å²) < 4.78 is 39.3. The predicted octanol–water partition coefficient (Wildman–Crippen LogP) is 1.06. The summed E-state index contributed by atoms with van der Waals surface area (Å²) >= 11 is 0. The van der Waals surface area contributed by atoms with E-state index in [2.05, 4.69) is 10.4 Å². The van der Waals surface area contributed by atoms with Crippen LogP contribution in [0.2, 0.25) is 0 Å². The molecule has 0 bridgehead atoms. The normalized spacial score (nSPS) is 18.4. The second-order valence-electron chi connectivity index (χ2n) is 4.27. The Morgan fingerprint density at radius 3 is 2.71 bits per heavy atom. The van der Waals surface area contributed by atoms with Gasteiger partial charge in [0.05, 0.1) is 19.3 Å². The Morgan fingerprint density at radius 2 is 2.18 bits per heavy atom. The minimum atomic E-state index is -4.19. The van der Waals surface area contributed by atoms with Crippen LogP contribution in [0.3, 0.4) is 0 Å². The molecule has 2 N–H and O–H groups in total. The first kappa shape index (κ1) is 12.4.